The molecule has 1 atom stereocenters. The Morgan fingerprint density at radius 2 is 1.71 bits per heavy atom. The van der Waals surface area contributed by atoms with Crippen LogP contribution in [0.2, 0.25) is 0 Å². The van der Waals surface area contributed by atoms with Gasteiger partial charge in [0.1, 0.15) is 5.54 Å². The Balaban J connectivity index is 4.31. The monoisotopic (exact) mass is 247 g/mol. The fourth-order valence-corrected chi connectivity index (χ4v) is 0.718. The van der Waals surface area contributed by atoms with Crippen molar-refractivity contribution in [3.63, 3.8) is 0 Å². The molecule has 0 aliphatic carbocycles. The van der Waals surface area contributed by atoms with E-state index in [-0.39, 0.29) is 0 Å². The van der Waals surface area contributed by atoms with Crippen LogP contribution in [0.3, 0.4) is 0 Å². The highest BCUT2D eigenvalue weighted by Crippen LogP contribution is 2.02. The Labute approximate surface area is 98.2 Å². The van der Waals surface area contributed by atoms with Crippen molar-refractivity contribution in [2.24, 2.45) is 5.73 Å². The zero-order valence-electron chi connectivity index (χ0n) is 9.90. The third-order valence-corrected chi connectivity index (χ3v) is 2.10. The summed E-state index contributed by atoms with van der Waals surface area (Å²) in [5.74, 6) is -2.20. The summed E-state index contributed by atoms with van der Waals surface area (Å²) in [5.41, 5.74) is 1.68. The summed E-state index contributed by atoms with van der Waals surface area (Å²) in [7, 11) is 0. The minimum atomic E-state index is -2.08. The summed E-state index contributed by atoms with van der Waals surface area (Å²) in [6, 6.07) is -0.796. The van der Waals surface area contributed by atoms with E-state index in [1.165, 1.54) is 13.8 Å². The zero-order chi connectivity index (χ0) is 13.9. The lowest BCUT2D eigenvalue weighted by Gasteiger charge is -2.24. The summed E-state index contributed by atoms with van der Waals surface area (Å²) < 4.78 is 0. The van der Waals surface area contributed by atoms with Gasteiger partial charge in [0.25, 0.3) is 0 Å². The van der Waals surface area contributed by atoms with Gasteiger partial charge in [-0.1, -0.05) is 0 Å². The molecule has 6 N–H and O–H groups in total. The number of primary amides is 1. The van der Waals surface area contributed by atoms with E-state index in [1.807, 2.05) is 0 Å². The number of nitrogens with one attached hydrogen (secondary N) is 2. The van der Waals surface area contributed by atoms with Crippen molar-refractivity contribution in [1.29, 1.82) is 0 Å². The minimum absolute atomic E-state index is 0.497. The molecule has 3 amide bonds. The highest BCUT2D eigenvalue weighted by Gasteiger charge is 2.32. The summed E-state index contributed by atoms with van der Waals surface area (Å²) in [4.78, 5) is 32.7. The number of nitrogens with two attached hydrogens (primary N) is 1. The van der Waals surface area contributed by atoms with Crippen molar-refractivity contribution in [2.75, 3.05) is 6.54 Å². The predicted octanol–water partition coefficient (Wildman–Crippen LogP) is -1.61. The van der Waals surface area contributed by atoms with Gasteiger partial charge in [0.05, 0.1) is 6.54 Å². The fourth-order valence-electron chi connectivity index (χ4n) is 0.718. The van der Waals surface area contributed by atoms with Crippen LogP contribution in [-0.4, -0.2) is 45.8 Å². The Kier molecular flexibility index (Phi) is 4.46. The van der Waals surface area contributed by atoms with Crippen LogP contribution in [0.25, 0.3) is 0 Å². The number of urea groups is 1. The molecule has 0 aliphatic rings. The third-order valence-electron chi connectivity index (χ3n) is 2.10. The SMILES string of the molecule is CC(O)(CNC(=O)NC(C)(C)C(N)=O)C(=O)O. The molecule has 8 nitrogen and oxygen atoms in total. The van der Waals surface area contributed by atoms with Gasteiger partial charge in [-0.2, -0.15) is 0 Å². The number of hydrogen-bond acceptors (Lipinski definition) is 4. The van der Waals surface area contributed by atoms with Crippen LogP contribution in [0, 0.1) is 0 Å². The van der Waals surface area contributed by atoms with Crippen molar-refractivity contribution in [1.82, 2.24) is 10.6 Å². The zero-order valence-corrected chi connectivity index (χ0v) is 9.90. The molecule has 0 heterocycles. The molecule has 1 unspecified atom stereocenters. The number of carboxylic acids is 1. The van der Waals surface area contributed by atoms with Gasteiger partial charge in [-0.15, -0.1) is 0 Å². The quantitative estimate of drug-likeness (QED) is 0.397. The average molecular weight is 247 g/mol. The van der Waals surface area contributed by atoms with Crippen molar-refractivity contribution in [2.45, 2.75) is 31.9 Å². The van der Waals surface area contributed by atoms with Gasteiger partial charge in [-0.3, -0.25) is 4.79 Å². The van der Waals surface area contributed by atoms with E-state index in [2.05, 4.69) is 10.6 Å². The molecule has 0 radical (unpaired) electrons. The van der Waals surface area contributed by atoms with Crippen molar-refractivity contribution in [3.05, 3.63) is 0 Å². The molecule has 0 spiro atoms. The van der Waals surface area contributed by atoms with Crippen LogP contribution in [0.15, 0.2) is 0 Å². The van der Waals surface area contributed by atoms with Crippen molar-refractivity contribution < 1.29 is 24.6 Å². The first-order valence-electron chi connectivity index (χ1n) is 4.81. The first-order chi connectivity index (χ1) is 7.49. The number of carbonyl (C=O) groups excluding carboxylic acids is 2. The van der Waals surface area contributed by atoms with E-state index in [9.17, 15) is 19.5 Å². The molecule has 8 heteroatoms. The maximum absolute atomic E-state index is 11.3. The first kappa shape index (κ1) is 15.2. The predicted molar refractivity (Wildman–Crippen MR) is 58.1 cm³/mol. The Hall–Kier alpha value is -1.83. The van der Waals surface area contributed by atoms with Crippen LogP contribution in [-0.2, 0) is 9.59 Å². The molecule has 0 saturated heterocycles. The Morgan fingerprint density at radius 3 is 2.06 bits per heavy atom. The van der Waals surface area contributed by atoms with Gasteiger partial charge in [-0.25, -0.2) is 9.59 Å². The third kappa shape index (κ3) is 4.68. The maximum atomic E-state index is 11.3. The molecule has 0 aromatic rings. The molecular weight excluding hydrogens is 230 g/mol. The molecule has 0 aromatic heterocycles. The second-order valence-electron chi connectivity index (χ2n) is 4.38. The van der Waals surface area contributed by atoms with E-state index >= 15 is 0 Å². The van der Waals surface area contributed by atoms with Crippen molar-refractivity contribution >= 4 is 17.9 Å². The molecule has 17 heavy (non-hydrogen) atoms. The number of carbonyl (C=O) groups is 3. The Morgan fingerprint density at radius 1 is 1.24 bits per heavy atom. The molecule has 98 valence electrons. The van der Waals surface area contributed by atoms with Crippen LogP contribution in [0.1, 0.15) is 20.8 Å². The second kappa shape index (κ2) is 5.00. The van der Waals surface area contributed by atoms with Gasteiger partial charge in [0, 0.05) is 0 Å². The number of aliphatic carboxylic acids is 1. The molecule has 0 aliphatic heterocycles. The van der Waals surface area contributed by atoms with Gasteiger partial charge >= 0.3 is 12.0 Å². The van der Waals surface area contributed by atoms with E-state index in [4.69, 9.17) is 10.8 Å². The fraction of sp³-hybridized carbons (Fsp3) is 0.667. The summed E-state index contributed by atoms with van der Waals surface area (Å²) in [5, 5.41) is 22.3. The molecular formula is C9H17N3O5. The van der Waals surface area contributed by atoms with Crippen LogP contribution < -0.4 is 16.4 Å². The summed E-state index contributed by atoms with van der Waals surface area (Å²) >= 11 is 0. The number of amides is 3. The number of aliphatic hydroxyl groups is 1. The lowest BCUT2D eigenvalue weighted by molar-refractivity contribution is -0.155. The topological polar surface area (TPSA) is 142 Å². The average Bonchev–Trinajstić information content (AvgIpc) is 2.13. The molecule has 0 bridgehead atoms. The Bertz CT molecular complexity index is 338. The largest absolute Gasteiger partial charge is 0.479 e. The van der Waals surface area contributed by atoms with Gasteiger partial charge in [0.15, 0.2) is 5.60 Å². The van der Waals surface area contributed by atoms with E-state index < -0.39 is 35.6 Å². The lowest BCUT2D eigenvalue weighted by atomic mass is 10.1. The van der Waals surface area contributed by atoms with Crippen LogP contribution in [0.4, 0.5) is 4.79 Å². The summed E-state index contributed by atoms with van der Waals surface area (Å²) in [6.07, 6.45) is 0. The highest BCUT2D eigenvalue weighted by atomic mass is 16.4. The normalized spacial score (nSPS) is 14.6. The van der Waals surface area contributed by atoms with Gasteiger partial charge in [0.2, 0.25) is 5.91 Å². The molecule has 0 fully saturated rings. The first-order valence-corrected chi connectivity index (χ1v) is 4.81. The van der Waals surface area contributed by atoms with E-state index in [1.54, 1.807) is 0 Å². The smallest absolute Gasteiger partial charge is 0.337 e. The molecule has 0 aromatic carbocycles. The minimum Gasteiger partial charge on any atom is -0.479 e. The molecule has 0 rings (SSSR count). The van der Waals surface area contributed by atoms with E-state index in [0.717, 1.165) is 6.92 Å². The lowest BCUT2D eigenvalue weighted by Crippen LogP contribution is -2.57. The van der Waals surface area contributed by atoms with Gasteiger partial charge < -0.3 is 26.6 Å². The number of rotatable bonds is 5. The summed E-state index contributed by atoms with van der Waals surface area (Å²) in [6.45, 7) is 3.33. The second-order valence-corrected chi connectivity index (χ2v) is 4.38. The van der Waals surface area contributed by atoms with Gasteiger partial charge in [-0.05, 0) is 20.8 Å². The molecule has 0 saturated carbocycles. The van der Waals surface area contributed by atoms with E-state index in [0.29, 0.717) is 0 Å². The van der Waals surface area contributed by atoms with Crippen LogP contribution >= 0.6 is 0 Å². The highest BCUT2D eigenvalue weighted by molar-refractivity contribution is 5.89. The standard InChI is InChI=1S/C9H17N3O5/c1-8(2,5(10)13)12-7(16)11-4-9(3,17)6(14)15/h17H,4H2,1-3H3,(H2,10,13)(H,14,15)(H2,11,12,16). The van der Waals surface area contributed by atoms with Crippen LogP contribution in [0.5, 0.6) is 0 Å². The number of carboxylic acid groups (broad SMARTS) is 1. The number of hydrogen-bond donors (Lipinski definition) is 5. The van der Waals surface area contributed by atoms with Crippen molar-refractivity contribution in [3.8, 4) is 0 Å². The maximum Gasteiger partial charge on any atom is 0.337 e.